The third kappa shape index (κ3) is 15.7. The number of aromatic hydroxyl groups is 4. The maximum Gasteiger partial charge on any atom is 0.329 e. The molecule has 67 heavy (non-hydrogen) atoms. The van der Waals surface area contributed by atoms with Crippen molar-refractivity contribution < 1.29 is 69.3 Å². The summed E-state index contributed by atoms with van der Waals surface area (Å²) in [5, 5.41) is 83.5. The number of aliphatic hydroxyl groups is 2. The van der Waals surface area contributed by atoms with Gasteiger partial charge >= 0.3 is 5.97 Å². The van der Waals surface area contributed by atoms with Crippen LogP contribution >= 0.6 is 0 Å². The van der Waals surface area contributed by atoms with E-state index in [1.807, 2.05) is 0 Å². The summed E-state index contributed by atoms with van der Waals surface area (Å²) in [6.45, 7) is 3.60. The molecule has 0 aliphatic rings. The highest BCUT2D eigenvalue weighted by atomic mass is 16.4. The van der Waals surface area contributed by atoms with E-state index in [0.717, 1.165) is 0 Å². The summed E-state index contributed by atoms with van der Waals surface area (Å²) in [5.41, 5.74) is 12.3. The van der Waals surface area contributed by atoms with Gasteiger partial charge in [-0.1, -0.05) is 62.4 Å². The second-order valence-electron chi connectivity index (χ2n) is 16.2. The number of benzene rings is 4. The number of nitrogens with two attached hydrogens (primary N) is 2. The van der Waals surface area contributed by atoms with Crippen molar-refractivity contribution >= 4 is 41.4 Å². The minimum absolute atomic E-state index is 0.0113. The first-order chi connectivity index (χ1) is 31.6. The topological polar surface area (TPSA) is 373 Å². The van der Waals surface area contributed by atoms with Gasteiger partial charge < -0.3 is 73.8 Å². The molecule has 6 amide bonds. The standard InChI is InChI=1S/C46H55N7O14/c1-23(2)19-32(47)41(61)52-37(39(59)26-7-15-30(56)16-8-26)45(65)51-35(22-36(48)58)43(63)49-33(20-24-3-11-28(54)12-4-24)42(62)50-34(21-25-5-13-29(55)14-6-25)44(64)53-38(46(66)67)40(60)27-9-17-31(57)18-10-27/h3-18,23,32-35,37-40,54-57,59-60H,19-22,47H2,1-2H3,(H2,48,58)(H,49,63)(H,50,62)(H,51,65)(H,52,61)(H,53,64)(H,66,67)/t32-,33-,34-,35+,37-,38-,39?,40?/m1/s1. The highest BCUT2D eigenvalue weighted by Crippen LogP contribution is 2.23. The number of phenols is 4. The Morgan fingerprint density at radius 3 is 1.22 bits per heavy atom. The Labute approximate surface area is 384 Å². The second kappa shape index (κ2) is 24.0. The number of aliphatic carboxylic acids is 1. The number of carbonyl (C=O) groups excluding carboxylic acids is 6. The number of primary amides is 1. The van der Waals surface area contributed by atoms with E-state index >= 15 is 0 Å². The monoisotopic (exact) mass is 929 g/mol. The van der Waals surface area contributed by atoms with Crippen LogP contribution in [0.25, 0.3) is 0 Å². The summed E-state index contributed by atoms with van der Waals surface area (Å²) in [6, 6.07) is 10.5. The number of phenolic OH excluding ortho intramolecular Hbond substituents is 4. The Balaban J connectivity index is 1.68. The zero-order chi connectivity index (χ0) is 49.5. The van der Waals surface area contributed by atoms with Gasteiger partial charge in [0.25, 0.3) is 0 Å². The van der Waals surface area contributed by atoms with Crippen molar-refractivity contribution in [2.45, 2.75) is 88.0 Å². The number of hydrogen-bond acceptors (Lipinski definition) is 14. The molecule has 0 spiro atoms. The number of aliphatic hydroxyl groups excluding tert-OH is 2. The van der Waals surface area contributed by atoms with Crippen molar-refractivity contribution in [1.82, 2.24) is 26.6 Å². The van der Waals surface area contributed by atoms with Gasteiger partial charge in [0.05, 0.1) is 12.5 Å². The molecule has 0 bridgehead atoms. The Morgan fingerprint density at radius 2 is 0.836 bits per heavy atom. The van der Waals surface area contributed by atoms with E-state index in [1.54, 1.807) is 13.8 Å². The van der Waals surface area contributed by atoms with Crippen LogP contribution in [0.2, 0.25) is 0 Å². The molecule has 4 aromatic carbocycles. The average molecular weight is 930 g/mol. The fourth-order valence-electron chi connectivity index (χ4n) is 6.79. The lowest BCUT2D eigenvalue weighted by Crippen LogP contribution is -2.61. The molecule has 2 unspecified atom stereocenters. The summed E-state index contributed by atoms with van der Waals surface area (Å²) in [5.74, 6) is -8.86. The molecule has 4 aromatic rings. The van der Waals surface area contributed by atoms with Gasteiger partial charge in [0.2, 0.25) is 35.4 Å². The van der Waals surface area contributed by atoms with E-state index in [9.17, 15) is 69.3 Å². The van der Waals surface area contributed by atoms with Crippen molar-refractivity contribution in [3.8, 4) is 23.0 Å². The third-order valence-corrected chi connectivity index (χ3v) is 10.4. The van der Waals surface area contributed by atoms with Crippen molar-refractivity contribution in [2.24, 2.45) is 17.4 Å². The molecule has 4 rings (SSSR count). The minimum atomic E-state index is -1.99. The van der Waals surface area contributed by atoms with Crippen LogP contribution in [0.4, 0.5) is 0 Å². The van der Waals surface area contributed by atoms with Gasteiger partial charge in [0.15, 0.2) is 6.04 Å². The predicted octanol–water partition coefficient (Wildman–Crippen LogP) is -0.481. The number of amides is 6. The molecule has 358 valence electrons. The summed E-state index contributed by atoms with van der Waals surface area (Å²) >= 11 is 0. The normalized spacial score (nSPS) is 14.7. The molecule has 0 fully saturated rings. The molecule has 8 atom stereocenters. The number of nitrogens with one attached hydrogen (secondary N) is 5. The van der Waals surface area contributed by atoms with Gasteiger partial charge in [-0.15, -0.1) is 0 Å². The Morgan fingerprint density at radius 1 is 0.493 bits per heavy atom. The number of hydrogen-bond donors (Lipinski definition) is 14. The van der Waals surface area contributed by atoms with E-state index in [-0.39, 0.29) is 59.3 Å². The number of rotatable bonds is 23. The van der Waals surface area contributed by atoms with Gasteiger partial charge in [-0.3, -0.25) is 28.8 Å². The lowest BCUT2D eigenvalue weighted by Gasteiger charge is -2.29. The largest absolute Gasteiger partial charge is 0.508 e. The number of carboxylic acids is 1. The fourth-order valence-corrected chi connectivity index (χ4v) is 6.79. The van der Waals surface area contributed by atoms with Crippen LogP contribution in [-0.4, -0.2) is 113 Å². The molecule has 0 saturated carbocycles. The number of carbonyl (C=O) groups is 7. The first-order valence-corrected chi connectivity index (χ1v) is 20.9. The van der Waals surface area contributed by atoms with Crippen LogP contribution < -0.4 is 38.1 Å². The van der Waals surface area contributed by atoms with Crippen LogP contribution in [0.1, 0.15) is 61.2 Å². The molecule has 0 aliphatic heterocycles. The summed E-state index contributed by atoms with van der Waals surface area (Å²) < 4.78 is 0. The Kier molecular flexibility index (Phi) is 18.6. The second-order valence-corrected chi connectivity index (χ2v) is 16.2. The molecule has 0 aliphatic carbocycles. The maximum atomic E-state index is 14.3. The van der Waals surface area contributed by atoms with Crippen LogP contribution in [0, 0.1) is 5.92 Å². The zero-order valence-corrected chi connectivity index (χ0v) is 36.4. The molecule has 21 heteroatoms. The summed E-state index contributed by atoms with van der Waals surface area (Å²) in [6.07, 6.45) is -5.03. The van der Waals surface area contributed by atoms with Crippen molar-refractivity contribution in [3.63, 3.8) is 0 Å². The van der Waals surface area contributed by atoms with E-state index in [4.69, 9.17) is 11.5 Å². The van der Waals surface area contributed by atoms with Gasteiger partial charge in [0.1, 0.15) is 59.4 Å². The van der Waals surface area contributed by atoms with Crippen LogP contribution in [-0.2, 0) is 46.4 Å². The molecular weight excluding hydrogens is 875 g/mol. The van der Waals surface area contributed by atoms with Gasteiger partial charge in [-0.2, -0.15) is 0 Å². The SMILES string of the molecule is CC(C)C[C@@H](N)C(=O)N[C@@H](C(=O)N[C@@H](CC(N)=O)C(=O)N[C@H](Cc1ccc(O)cc1)C(=O)N[C@H](Cc1ccc(O)cc1)C(=O)N[C@@H](C(=O)O)C(O)c1ccc(O)cc1)C(O)c1ccc(O)cc1. The molecule has 16 N–H and O–H groups in total. The van der Waals surface area contributed by atoms with E-state index in [0.29, 0.717) is 11.1 Å². The van der Waals surface area contributed by atoms with Crippen molar-refractivity contribution in [2.75, 3.05) is 0 Å². The fraction of sp³-hybridized carbons (Fsp3) is 0.326. The lowest BCUT2D eigenvalue weighted by atomic mass is 9.98. The Hall–Kier alpha value is -7.75. The molecular formula is C46H55N7O14. The van der Waals surface area contributed by atoms with Crippen LogP contribution in [0.5, 0.6) is 23.0 Å². The highest BCUT2D eigenvalue weighted by molar-refractivity contribution is 5.98. The third-order valence-electron chi connectivity index (χ3n) is 10.4. The van der Waals surface area contributed by atoms with Crippen LogP contribution in [0.3, 0.4) is 0 Å². The predicted molar refractivity (Wildman–Crippen MR) is 238 cm³/mol. The summed E-state index contributed by atoms with van der Waals surface area (Å²) in [7, 11) is 0. The Bertz CT molecular complexity index is 2350. The first-order valence-electron chi connectivity index (χ1n) is 20.9. The minimum Gasteiger partial charge on any atom is -0.508 e. The maximum absolute atomic E-state index is 14.3. The van der Waals surface area contributed by atoms with Gasteiger partial charge in [-0.25, -0.2) is 4.79 Å². The molecule has 0 heterocycles. The highest BCUT2D eigenvalue weighted by Gasteiger charge is 2.37. The van der Waals surface area contributed by atoms with Gasteiger partial charge in [0, 0.05) is 12.8 Å². The smallest absolute Gasteiger partial charge is 0.329 e. The quantitative estimate of drug-likeness (QED) is 0.0447. The molecule has 21 nitrogen and oxygen atoms in total. The summed E-state index contributed by atoms with van der Waals surface area (Å²) in [4.78, 5) is 94.5. The van der Waals surface area contributed by atoms with Gasteiger partial charge in [-0.05, 0) is 83.1 Å². The van der Waals surface area contributed by atoms with Crippen molar-refractivity contribution in [3.05, 3.63) is 119 Å². The first kappa shape index (κ1) is 51.9. The zero-order valence-electron chi connectivity index (χ0n) is 36.4. The van der Waals surface area contributed by atoms with Crippen LogP contribution in [0.15, 0.2) is 97.1 Å². The molecule has 0 aromatic heterocycles. The molecule has 0 saturated heterocycles. The number of carboxylic acid groups (broad SMARTS) is 1. The lowest BCUT2D eigenvalue weighted by molar-refractivity contribution is -0.145. The van der Waals surface area contributed by atoms with E-state index in [2.05, 4.69) is 26.6 Å². The van der Waals surface area contributed by atoms with E-state index < -0.39 is 96.3 Å². The molecule has 0 radical (unpaired) electrons. The van der Waals surface area contributed by atoms with Crippen molar-refractivity contribution in [1.29, 1.82) is 0 Å². The van der Waals surface area contributed by atoms with E-state index in [1.165, 1.54) is 97.1 Å². The average Bonchev–Trinajstić information content (AvgIpc) is 3.27.